The van der Waals surface area contributed by atoms with Gasteiger partial charge in [-0.3, -0.25) is 4.79 Å². The summed E-state index contributed by atoms with van der Waals surface area (Å²) in [4.78, 5) is 12.7. The Hall–Kier alpha value is -2.67. The summed E-state index contributed by atoms with van der Waals surface area (Å²) in [6.45, 7) is -0.514. The zero-order chi connectivity index (χ0) is 28.3. The highest BCUT2D eigenvalue weighted by Gasteiger charge is 2.65. The molecule has 208 valence electrons. The summed E-state index contributed by atoms with van der Waals surface area (Å²) in [6.07, 6.45) is -18.2. The number of aliphatic hydroxyl groups excluding tert-OH is 1. The predicted octanol–water partition coefficient (Wildman–Crippen LogP) is 6.43. The number of hydrogen-bond donors (Lipinski definition) is 2. The number of carbonyl (C=O) groups is 1. The van der Waals surface area contributed by atoms with Crippen molar-refractivity contribution in [2.45, 2.75) is 56.0 Å². The molecule has 2 aliphatic rings. The minimum absolute atomic E-state index is 0.00588. The van der Waals surface area contributed by atoms with E-state index in [9.17, 15) is 49.4 Å². The van der Waals surface area contributed by atoms with Crippen molar-refractivity contribution in [3.63, 3.8) is 0 Å². The van der Waals surface area contributed by atoms with E-state index in [1.165, 1.54) is 18.2 Å². The van der Waals surface area contributed by atoms with Crippen molar-refractivity contribution in [1.82, 2.24) is 5.32 Å². The number of hydrogen-bond acceptors (Lipinski definition) is 3. The van der Waals surface area contributed by atoms with Crippen LogP contribution < -0.4 is 10.2 Å². The molecule has 2 unspecified atom stereocenters. The van der Waals surface area contributed by atoms with Gasteiger partial charge in [0.15, 0.2) is 0 Å². The summed E-state index contributed by atoms with van der Waals surface area (Å²) in [5, 5.41) is 13.6. The molecular formula is C24H20ClF9N2O2. The third-order valence-electron chi connectivity index (χ3n) is 6.86. The Morgan fingerprint density at radius 1 is 0.974 bits per heavy atom. The molecule has 38 heavy (non-hydrogen) atoms. The molecule has 1 saturated carbocycles. The molecule has 0 radical (unpaired) electrons. The Morgan fingerprint density at radius 2 is 1.55 bits per heavy atom. The Kier molecular flexibility index (Phi) is 7.09. The maximum Gasteiger partial charge on any atom is 0.416 e. The molecule has 2 aromatic rings. The molecule has 4 nitrogen and oxygen atoms in total. The van der Waals surface area contributed by atoms with Crippen LogP contribution in [0.5, 0.6) is 0 Å². The molecule has 2 aromatic carbocycles. The Balaban J connectivity index is 1.71. The van der Waals surface area contributed by atoms with Crippen LogP contribution in [0.25, 0.3) is 0 Å². The number of carbonyl (C=O) groups excluding carboxylic acids is 1. The van der Waals surface area contributed by atoms with Crippen LogP contribution in [0.1, 0.15) is 41.5 Å². The quantitative estimate of drug-likeness (QED) is 0.405. The van der Waals surface area contributed by atoms with Crippen LogP contribution in [0.3, 0.4) is 0 Å². The third-order valence-corrected chi connectivity index (χ3v) is 7.21. The Labute approximate surface area is 215 Å². The molecule has 1 aliphatic carbocycles. The second kappa shape index (κ2) is 9.51. The van der Waals surface area contributed by atoms with E-state index in [0.29, 0.717) is 5.56 Å². The molecule has 1 saturated heterocycles. The zero-order valence-corrected chi connectivity index (χ0v) is 20.0. The van der Waals surface area contributed by atoms with E-state index in [2.05, 4.69) is 5.32 Å². The first-order chi connectivity index (χ1) is 17.4. The monoisotopic (exact) mass is 574 g/mol. The van der Waals surface area contributed by atoms with Crippen LogP contribution in [0.2, 0.25) is 5.02 Å². The molecule has 1 amide bonds. The number of nitrogens with zero attached hydrogens (tertiary/aromatic N) is 1. The number of alkyl halides is 9. The van der Waals surface area contributed by atoms with Gasteiger partial charge in [-0.25, -0.2) is 0 Å². The van der Waals surface area contributed by atoms with Gasteiger partial charge >= 0.3 is 18.5 Å². The number of aliphatic hydroxyl groups is 1. The minimum Gasteiger partial charge on any atom is -0.372 e. The van der Waals surface area contributed by atoms with E-state index in [0.717, 1.165) is 17.7 Å². The zero-order valence-electron chi connectivity index (χ0n) is 19.2. The number of benzene rings is 2. The summed E-state index contributed by atoms with van der Waals surface area (Å²) in [6, 6.07) is 3.63. The van der Waals surface area contributed by atoms with E-state index in [1.54, 1.807) is 0 Å². The van der Waals surface area contributed by atoms with Gasteiger partial charge in [-0.2, -0.15) is 39.5 Å². The number of anilines is 1. The van der Waals surface area contributed by atoms with Gasteiger partial charge < -0.3 is 15.3 Å². The first-order valence-corrected chi connectivity index (χ1v) is 11.7. The minimum atomic E-state index is -5.43. The van der Waals surface area contributed by atoms with Crippen LogP contribution in [0.4, 0.5) is 45.2 Å². The lowest BCUT2D eigenvalue weighted by atomic mass is 9.76. The predicted molar refractivity (Wildman–Crippen MR) is 118 cm³/mol. The van der Waals surface area contributed by atoms with Gasteiger partial charge in [0.05, 0.1) is 11.1 Å². The lowest BCUT2D eigenvalue weighted by Crippen LogP contribution is -2.52. The fourth-order valence-electron chi connectivity index (χ4n) is 4.57. The molecule has 1 heterocycles. The average Bonchev–Trinajstić information content (AvgIpc) is 3.58. The maximum atomic E-state index is 14.5. The van der Waals surface area contributed by atoms with Crippen molar-refractivity contribution in [1.29, 1.82) is 0 Å². The van der Waals surface area contributed by atoms with E-state index in [4.69, 9.17) is 11.6 Å². The van der Waals surface area contributed by atoms with Crippen LogP contribution in [-0.2, 0) is 29.1 Å². The van der Waals surface area contributed by atoms with E-state index >= 15 is 0 Å². The summed E-state index contributed by atoms with van der Waals surface area (Å²) < 4.78 is 124. The normalized spacial score (nSPS) is 22.6. The topological polar surface area (TPSA) is 52.6 Å². The SMILES string of the molecule is O=C(NCc1ccc(N2CCC(c3cc(C(F)(F)F)cc(C(F)(F)F)c3)(C(F)(F)F)C2O)cc1Cl)C1CC1. The fourth-order valence-corrected chi connectivity index (χ4v) is 4.81. The molecular weight excluding hydrogens is 555 g/mol. The number of amides is 1. The number of nitrogens with one attached hydrogen (secondary N) is 1. The number of halogens is 10. The number of rotatable bonds is 5. The fraction of sp³-hybridized carbons (Fsp3) is 0.458. The van der Waals surface area contributed by atoms with Crippen molar-refractivity contribution >= 4 is 23.2 Å². The van der Waals surface area contributed by atoms with Gasteiger partial charge in [0.25, 0.3) is 0 Å². The van der Waals surface area contributed by atoms with E-state index in [1.807, 2.05) is 0 Å². The molecule has 2 atom stereocenters. The highest BCUT2D eigenvalue weighted by atomic mass is 35.5. The highest BCUT2D eigenvalue weighted by molar-refractivity contribution is 6.31. The Morgan fingerprint density at radius 3 is 2.03 bits per heavy atom. The van der Waals surface area contributed by atoms with Crippen LogP contribution >= 0.6 is 11.6 Å². The molecule has 4 rings (SSSR count). The van der Waals surface area contributed by atoms with Gasteiger partial charge in [-0.15, -0.1) is 0 Å². The van der Waals surface area contributed by atoms with Gasteiger partial charge in [-0.05, 0) is 60.7 Å². The van der Waals surface area contributed by atoms with Crippen LogP contribution in [-0.4, -0.2) is 30.0 Å². The maximum absolute atomic E-state index is 14.5. The summed E-state index contributed by atoms with van der Waals surface area (Å²) in [5.41, 5.74) is -8.26. The molecule has 1 aliphatic heterocycles. The summed E-state index contributed by atoms with van der Waals surface area (Å²) >= 11 is 6.22. The largest absolute Gasteiger partial charge is 0.416 e. The highest BCUT2D eigenvalue weighted by Crippen LogP contribution is 2.53. The second-order valence-electron chi connectivity index (χ2n) is 9.35. The van der Waals surface area contributed by atoms with Crippen molar-refractivity contribution < 1.29 is 49.4 Å². The van der Waals surface area contributed by atoms with Gasteiger partial charge in [0.2, 0.25) is 5.91 Å². The Bertz CT molecular complexity index is 1190. The first-order valence-electron chi connectivity index (χ1n) is 11.3. The van der Waals surface area contributed by atoms with Crippen molar-refractivity contribution in [3.8, 4) is 0 Å². The summed E-state index contributed by atoms with van der Waals surface area (Å²) in [5.74, 6) is -0.244. The van der Waals surface area contributed by atoms with Crippen molar-refractivity contribution in [2.75, 3.05) is 11.4 Å². The average molecular weight is 575 g/mol. The molecule has 0 aromatic heterocycles. The van der Waals surface area contributed by atoms with Gasteiger partial charge in [-0.1, -0.05) is 17.7 Å². The standard InChI is InChI=1S/C24H20ClF9N2O2/c25-18-10-17(4-3-13(18)11-35-19(37)12-1-2-12)36-6-5-21(20(36)38,24(32,33)34)14-7-15(22(26,27)28)9-16(8-14)23(29,30)31/h3-4,7-10,12,20,38H,1-2,5-6,11H2,(H,35,37). The van der Waals surface area contributed by atoms with Crippen molar-refractivity contribution in [3.05, 3.63) is 63.7 Å². The molecule has 0 spiro atoms. The van der Waals surface area contributed by atoms with Gasteiger partial charge in [0, 0.05) is 29.7 Å². The second-order valence-corrected chi connectivity index (χ2v) is 9.76. The van der Waals surface area contributed by atoms with Crippen LogP contribution in [0.15, 0.2) is 36.4 Å². The third kappa shape index (κ3) is 5.27. The summed E-state index contributed by atoms with van der Waals surface area (Å²) in [7, 11) is 0. The van der Waals surface area contributed by atoms with Gasteiger partial charge in [0.1, 0.15) is 11.6 Å². The molecule has 2 fully saturated rings. The van der Waals surface area contributed by atoms with Crippen molar-refractivity contribution in [2.24, 2.45) is 5.92 Å². The van der Waals surface area contributed by atoms with Crippen LogP contribution in [0, 0.1) is 5.92 Å². The molecule has 2 N–H and O–H groups in total. The van der Waals surface area contributed by atoms with E-state index in [-0.39, 0.29) is 47.3 Å². The molecule has 0 bridgehead atoms. The smallest absolute Gasteiger partial charge is 0.372 e. The lowest BCUT2D eigenvalue weighted by Gasteiger charge is -2.38. The first kappa shape index (κ1) is 28.3. The van der Waals surface area contributed by atoms with E-state index < -0.39 is 59.8 Å². The lowest BCUT2D eigenvalue weighted by molar-refractivity contribution is -0.211. The molecule has 14 heteroatoms.